The molecular formula is C5H9N2O2. The van der Waals surface area contributed by atoms with Crippen LogP contribution in [0, 0.1) is 0 Å². The summed E-state index contributed by atoms with van der Waals surface area (Å²) in [6.07, 6.45) is 1.62. The van der Waals surface area contributed by atoms with Crippen molar-refractivity contribution in [2.24, 2.45) is 0 Å². The summed E-state index contributed by atoms with van der Waals surface area (Å²) in [6, 6.07) is -0.762. The molecule has 1 heterocycles. The summed E-state index contributed by atoms with van der Waals surface area (Å²) < 4.78 is 5.01. The van der Waals surface area contributed by atoms with Gasteiger partial charge in [0.05, 0.1) is 0 Å². The molecule has 0 aromatic rings. The quantitative estimate of drug-likeness (QED) is 0.546. The second-order valence-corrected chi connectivity index (χ2v) is 1.98. The van der Waals surface area contributed by atoms with Gasteiger partial charge in [0.1, 0.15) is 6.23 Å². The first-order valence-electron chi connectivity index (χ1n) is 2.93. The molecule has 1 saturated heterocycles. The summed E-state index contributed by atoms with van der Waals surface area (Å²) in [4.78, 5) is 10.1. The Labute approximate surface area is 53.4 Å². The minimum atomic E-state index is -0.762. The number of urea groups is 1. The Morgan fingerprint density at radius 2 is 2.56 bits per heavy atom. The first-order valence-corrected chi connectivity index (χ1v) is 2.93. The SMILES string of the molecule is [NH]C(=O)NC1CCCO1. The number of nitrogens with one attached hydrogen (secondary N) is 2. The lowest BCUT2D eigenvalue weighted by Crippen LogP contribution is -2.33. The minimum Gasteiger partial charge on any atom is -0.358 e. The van der Waals surface area contributed by atoms with Crippen molar-refractivity contribution < 1.29 is 9.53 Å². The van der Waals surface area contributed by atoms with Gasteiger partial charge in [0.15, 0.2) is 0 Å². The number of hydrogen-bond donors (Lipinski definition) is 1. The van der Waals surface area contributed by atoms with Gasteiger partial charge in [0, 0.05) is 6.61 Å². The van der Waals surface area contributed by atoms with E-state index in [1.807, 2.05) is 0 Å². The number of carbonyl (C=O) groups excluding carboxylic acids is 1. The zero-order valence-corrected chi connectivity index (χ0v) is 5.02. The van der Waals surface area contributed by atoms with Crippen molar-refractivity contribution in [1.29, 1.82) is 0 Å². The molecule has 2 amide bonds. The molecule has 1 radical (unpaired) electrons. The molecule has 4 nitrogen and oxygen atoms in total. The van der Waals surface area contributed by atoms with Gasteiger partial charge in [-0.25, -0.2) is 10.5 Å². The molecule has 0 aliphatic carbocycles. The van der Waals surface area contributed by atoms with Crippen molar-refractivity contribution in [3.8, 4) is 0 Å². The fraction of sp³-hybridized carbons (Fsp3) is 0.800. The molecule has 1 fully saturated rings. The Kier molecular flexibility index (Phi) is 1.89. The molecule has 1 atom stereocenters. The summed E-state index contributed by atoms with van der Waals surface area (Å²) >= 11 is 0. The van der Waals surface area contributed by atoms with Crippen LogP contribution in [0.5, 0.6) is 0 Å². The van der Waals surface area contributed by atoms with Crippen LogP contribution >= 0.6 is 0 Å². The average molecular weight is 129 g/mol. The van der Waals surface area contributed by atoms with Gasteiger partial charge in [0.25, 0.3) is 0 Å². The third kappa shape index (κ3) is 1.89. The Morgan fingerprint density at radius 3 is 3.00 bits per heavy atom. The van der Waals surface area contributed by atoms with Crippen molar-refractivity contribution in [2.45, 2.75) is 19.1 Å². The predicted molar refractivity (Wildman–Crippen MR) is 30.6 cm³/mol. The smallest absolute Gasteiger partial charge is 0.335 e. The Bertz CT molecular complexity index is 110. The molecule has 1 rings (SSSR count). The topological polar surface area (TPSA) is 62.1 Å². The van der Waals surface area contributed by atoms with E-state index in [1.165, 1.54) is 0 Å². The van der Waals surface area contributed by atoms with Gasteiger partial charge in [0.2, 0.25) is 0 Å². The van der Waals surface area contributed by atoms with Crippen molar-refractivity contribution in [2.75, 3.05) is 6.61 Å². The first kappa shape index (κ1) is 6.35. The maximum absolute atomic E-state index is 10.1. The van der Waals surface area contributed by atoms with Crippen molar-refractivity contribution in [3.05, 3.63) is 0 Å². The minimum absolute atomic E-state index is 0.199. The van der Waals surface area contributed by atoms with E-state index in [0.717, 1.165) is 12.8 Å². The Balaban J connectivity index is 2.19. The molecule has 1 aliphatic heterocycles. The zero-order chi connectivity index (χ0) is 6.69. The third-order valence-corrected chi connectivity index (χ3v) is 1.22. The molecule has 0 spiro atoms. The first-order chi connectivity index (χ1) is 4.29. The second kappa shape index (κ2) is 2.68. The van der Waals surface area contributed by atoms with Gasteiger partial charge < -0.3 is 10.1 Å². The van der Waals surface area contributed by atoms with Crippen LogP contribution in [0.25, 0.3) is 0 Å². The number of carbonyl (C=O) groups is 1. The van der Waals surface area contributed by atoms with Gasteiger partial charge >= 0.3 is 6.03 Å². The van der Waals surface area contributed by atoms with Crippen molar-refractivity contribution in [1.82, 2.24) is 11.1 Å². The van der Waals surface area contributed by atoms with Crippen LogP contribution < -0.4 is 11.1 Å². The van der Waals surface area contributed by atoms with E-state index in [1.54, 1.807) is 0 Å². The van der Waals surface area contributed by atoms with Crippen LogP contribution in [-0.4, -0.2) is 18.9 Å². The number of rotatable bonds is 1. The van der Waals surface area contributed by atoms with E-state index in [0.29, 0.717) is 6.61 Å². The number of ether oxygens (including phenoxy) is 1. The van der Waals surface area contributed by atoms with Crippen LogP contribution in [0.15, 0.2) is 0 Å². The van der Waals surface area contributed by atoms with E-state index >= 15 is 0 Å². The zero-order valence-electron chi connectivity index (χ0n) is 5.02. The van der Waals surface area contributed by atoms with Gasteiger partial charge in [-0.2, -0.15) is 0 Å². The fourth-order valence-electron chi connectivity index (χ4n) is 0.838. The van der Waals surface area contributed by atoms with E-state index in [4.69, 9.17) is 10.5 Å². The summed E-state index contributed by atoms with van der Waals surface area (Å²) in [7, 11) is 0. The normalized spacial score (nSPS) is 26.0. The van der Waals surface area contributed by atoms with Crippen molar-refractivity contribution in [3.63, 3.8) is 0 Å². The molecule has 51 valence electrons. The summed E-state index contributed by atoms with van der Waals surface area (Å²) in [6.45, 7) is 0.699. The molecule has 0 aromatic heterocycles. The molecule has 1 aliphatic rings. The molecule has 0 aromatic carbocycles. The maximum atomic E-state index is 10.1. The molecule has 1 unspecified atom stereocenters. The van der Waals surface area contributed by atoms with Crippen LogP contribution in [-0.2, 0) is 4.74 Å². The molecule has 2 N–H and O–H groups in total. The lowest BCUT2D eigenvalue weighted by molar-refractivity contribution is 0.0919. The monoisotopic (exact) mass is 129 g/mol. The highest BCUT2D eigenvalue weighted by atomic mass is 16.5. The van der Waals surface area contributed by atoms with E-state index in [9.17, 15) is 4.79 Å². The van der Waals surface area contributed by atoms with Crippen LogP contribution in [0.4, 0.5) is 4.79 Å². The Morgan fingerprint density at radius 1 is 1.78 bits per heavy atom. The van der Waals surface area contributed by atoms with Crippen LogP contribution in [0.2, 0.25) is 0 Å². The standard InChI is InChI=1S/C5H9N2O2/c6-5(8)7-4-2-1-3-9-4/h4,6H,1-3H2,(H,7,8). The van der Waals surface area contributed by atoms with Crippen LogP contribution in [0.3, 0.4) is 0 Å². The number of hydrogen-bond acceptors (Lipinski definition) is 2. The fourth-order valence-corrected chi connectivity index (χ4v) is 0.838. The Hall–Kier alpha value is -0.770. The van der Waals surface area contributed by atoms with E-state index in [2.05, 4.69) is 5.32 Å². The van der Waals surface area contributed by atoms with Gasteiger partial charge in [-0.15, -0.1) is 0 Å². The molecular weight excluding hydrogens is 120 g/mol. The molecule has 4 heteroatoms. The lowest BCUT2D eigenvalue weighted by Gasteiger charge is -2.07. The third-order valence-electron chi connectivity index (χ3n) is 1.22. The average Bonchev–Trinajstić information content (AvgIpc) is 2.15. The summed E-state index contributed by atoms with van der Waals surface area (Å²) in [5.41, 5.74) is 6.51. The van der Waals surface area contributed by atoms with Gasteiger partial charge in [-0.3, -0.25) is 0 Å². The largest absolute Gasteiger partial charge is 0.358 e. The number of amides is 2. The molecule has 9 heavy (non-hydrogen) atoms. The van der Waals surface area contributed by atoms with E-state index in [-0.39, 0.29) is 6.23 Å². The highest BCUT2D eigenvalue weighted by Crippen LogP contribution is 2.07. The van der Waals surface area contributed by atoms with E-state index < -0.39 is 6.03 Å². The van der Waals surface area contributed by atoms with Gasteiger partial charge in [-0.1, -0.05) is 0 Å². The summed E-state index contributed by atoms with van der Waals surface area (Å²) in [5.74, 6) is 0. The lowest BCUT2D eigenvalue weighted by atomic mass is 10.3. The highest BCUT2D eigenvalue weighted by Gasteiger charge is 2.15. The molecule has 0 bridgehead atoms. The van der Waals surface area contributed by atoms with Gasteiger partial charge in [-0.05, 0) is 12.8 Å². The van der Waals surface area contributed by atoms with Crippen molar-refractivity contribution >= 4 is 6.03 Å². The maximum Gasteiger partial charge on any atom is 0.335 e. The highest BCUT2D eigenvalue weighted by molar-refractivity contribution is 5.70. The van der Waals surface area contributed by atoms with Crippen LogP contribution in [0.1, 0.15) is 12.8 Å². The second-order valence-electron chi connectivity index (χ2n) is 1.98. The predicted octanol–water partition coefficient (Wildman–Crippen LogP) is 0.115. The molecule has 0 saturated carbocycles. The summed E-state index contributed by atoms with van der Waals surface area (Å²) in [5, 5.41) is 2.35.